The summed E-state index contributed by atoms with van der Waals surface area (Å²) < 4.78 is 13.7. The maximum absolute atomic E-state index is 11.0. The molecular weight excluding hydrogens is 204 g/mol. The second-order valence-electron chi connectivity index (χ2n) is 2.76. The number of hydrogen-bond donors (Lipinski definition) is 0. The van der Waals surface area contributed by atoms with E-state index in [9.17, 15) is 14.4 Å². The molecule has 1 aliphatic heterocycles. The van der Waals surface area contributed by atoms with Crippen LogP contribution in [-0.2, 0) is 28.6 Å². The molecule has 6 nitrogen and oxygen atoms in total. The van der Waals surface area contributed by atoms with Gasteiger partial charge in [0.2, 0.25) is 6.29 Å². The Kier molecular flexibility index (Phi) is 3.84. The molecule has 82 valence electrons. The molecule has 0 spiro atoms. The zero-order valence-electron chi connectivity index (χ0n) is 7.93. The first-order valence-corrected chi connectivity index (χ1v) is 4.30. The molecule has 6 heteroatoms. The normalized spacial score (nSPS) is 19.2. The van der Waals surface area contributed by atoms with Crippen molar-refractivity contribution < 1.29 is 28.6 Å². The second-order valence-corrected chi connectivity index (χ2v) is 2.76. The van der Waals surface area contributed by atoms with Gasteiger partial charge in [0.1, 0.15) is 0 Å². The molecule has 15 heavy (non-hydrogen) atoms. The fourth-order valence-corrected chi connectivity index (χ4v) is 0.953. The molecule has 0 radical (unpaired) electrons. The minimum atomic E-state index is -0.854. The lowest BCUT2D eigenvalue weighted by atomic mass is 10.3. The first kappa shape index (κ1) is 11.2. The fraction of sp³-hybridized carbons (Fsp3) is 0.444. The summed E-state index contributed by atoms with van der Waals surface area (Å²) in [4.78, 5) is 32.2. The Labute approximate surface area is 85.8 Å². The van der Waals surface area contributed by atoms with E-state index in [0.717, 1.165) is 6.08 Å². The van der Waals surface area contributed by atoms with Gasteiger partial charge in [-0.15, -0.1) is 0 Å². The molecule has 0 aromatic rings. The summed E-state index contributed by atoms with van der Waals surface area (Å²) in [6.45, 7) is 2.64. The van der Waals surface area contributed by atoms with Gasteiger partial charge in [-0.05, 0) is 0 Å². The number of hydrogen-bond acceptors (Lipinski definition) is 6. The highest BCUT2D eigenvalue weighted by Gasteiger charge is 2.26. The van der Waals surface area contributed by atoms with E-state index in [0.29, 0.717) is 6.42 Å². The lowest BCUT2D eigenvalue weighted by Crippen LogP contribution is -2.22. The molecule has 0 aromatic heterocycles. The summed E-state index contributed by atoms with van der Waals surface area (Å²) in [5, 5.41) is 0. The van der Waals surface area contributed by atoms with Crippen molar-refractivity contribution in [3.05, 3.63) is 12.7 Å². The van der Waals surface area contributed by atoms with E-state index in [1.165, 1.54) is 0 Å². The molecule has 0 amide bonds. The molecular formula is C9H10O6. The molecule has 1 unspecified atom stereocenters. The lowest BCUT2D eigenvalue weighted by Gasteiger charge is -2.10. The van der Waals surface area contributed by atoms with Gasteiger partial charge in [0, 0.05) is 12.5 Å². The van der Waals surface area contributed by atoms with Gasteiger partial charge in [-0.1, -0.05) is 6.58 Å². The summed E-state index contributed by atoms with van der Waals surface area (Å²) in [7, 11) is 0. The van der Waals surface area contributed by atoms with Crippen molar-refractivity contribution >= 4 is 17.9 Å². The fourth-order valence-electron chi connectivity index (χ4n) is 0.953. The van der Waals surface area contributed by atoms with E-state index in [1.54, 1.807) is 0 Å². The highest BCUT2D eigenvalue weighted by molar-refractivity contribution is 5.83. The molecule has 0 N–H and O–H groups in total. The average Bonchev–Trinajstić information content (AvgIpc) is 2.60. The predicted octanol–water partition coefficient (Wildman–Crippen LogP) is -0.0781. The minimum Gasteiger partial charge on any atom is -0.451 e. The SMILES string of the molecule is C=CC(=O)OCC(=O)OC1CCC(=O)O1. The van der Waals surface area contributed by atoms with Crippen molar-refractivity contribution in [2.45, 2.75) is 19.1 Å². The first-order valence-electron chi connectivity index (χ1n) is 4.30. The summed E-state index contributed by atoms with van der Waals surface area (Å²) in [6, 6.07) is 0. The number of esters is 3. The summed E-state index contributed by atoms with van der Waals surface area (Å²) in [5.74, 6) is -1.88. The van der Waals surface area contributed by atoms with Crippen LogP contribution in [0, 0.1) is 0 Å². The van der Waals surface area contributed by atoms with Gasteiger partial charge in [-0.3, -0.25) is 4.79 Å². The third kappa shape index (κ3) is 3.80. The molecule has 1 aliphatic rings. The molecule has 0 saturated carbocycles. The van der Waals surface area contributed by atoms with Crippen molar-refractivity contribution in [3.63, 3.8) is 0 Å². The van der Waals surface area contributed by atoms with Crippen LogP contribution >= 0.6 is 0 Å². The summed E-state index contributed by atoms with van der Waals surface area (Å²) in [6.07, 6.45) is 0.639. The monoisotopic (exact) mass is 214 g/mol. The molecule has 1 saturated heterocycles. The Morgan fingerprint density at radius 2 is 2.33 bits per heavy atom. The van der Waals surface area contributed by atoms with E-state index in [2.05, 4.69) is 20.8 Å². The first-order chi connectivity index (χ1) is 7.11. The number of cyclic esters (lactones) is 1. The van der Waals surface area contributed by atoms with Crippen LogP contribution in [0.5, 0.6) is 0 Å². The third-order valence-electron chi connectivity index (χ3n) is 1.61. The number of carbonyl (C=O) groups excluding carboxylic acids is 3. The van der Waals surface area contributed by atoms with Gasteiger partial charge >= 0.3 is 17.9 Å². The standard InChI is InChI=1S/C9H10O6/c1-2-6(10)13-5-8(12)15-9-4-3-7(11)14-9/h2,9H,1,3-5H2. The molecule has 0 aromatic carbocycles. The van der Waals surface area contributed by atoms with Crippen LogP contribution in [0.1, 0.15) is 12.8 Å². The number of ether oxygens (including phenoxy) is 3. The second kappa shape index (κ2) is 5.14. The Morgan fingerprint density at radius 3 is 2.87 bits per heavy atom. The predicted molar refractivity (Wildman–Crippen MR) is 46.4 cm³/mol. The zero-order chi connectivity index (χ0) is 11.3. The molecule has 0 aliphatic carbocycles. The van der Waals surface area contributed by atoms with E-state index < -0.39 is 30.8 Å². The topological polar surface area (TPSA) is 78.9 Å². The Bertz CT molecular complexity index is 295. The van der Waals surface area contributed by atoms with Gasteiger partial charge in [0.15, 0.2) is 6.61 Å². The minimum absolute atomic E-state index is 0.227. The van der Waals surface area contributed by atoms with E-state index in [1.807, 2.05) is 0 Å². The van der Waals surface area contributed by atoms with Crippen LogP contribution < -0.4 is 0 Å². The van der Waals surface area contributed by atoms with Crippen molar-refractivity contribution in [2.24, 2.45) is 0 Å². The van der Waals surface area contributed by atoms with Crippen molar-refractivity contribution in [2.75, 3.05) is 6.61 Å². The number of carbonyl (C=O) groups is 3. The Hall–Kier alpha value is -1.85. The summed E-state index contributed by atoms with van der Waals surface area (Å²) >= 11 is 0. The molecule has 1 fully saturated rings. The molecule has 0 bridgehead atoms. The smallest absolute Gasteiger partial charge is 0.347 e. The number of rotatable bonds is 4. The van der Waals surface area contributed by atoms with E-state index in [4.69, 9.17) is 0 Å². The van der Waals surface area contributed by atoms with Crippen LogP contribution in [0.25, 0.3) is 0 Å². The maximum atomic E-state index is 11.0. The van der Waals surface area contributed by atoms with Crippen LogP contribution in [0.15, 0.2) is 12.7 Å². The van der Waals surface area contributed by atoms with Gasteiger partial charge in [-0.25, -0.2) is 9.59 Å². The maximum Gasteiger partial charge on any atom is 0.347 e. The van der Waals surface area contributed by atoms with Gasteiger partial charge < -0.3 is 14.2 Å². The highest BCUT2D eigenvalue weighted by atomic mass is 16.7. The lowest BCUT2D eigenvalue weighted by molar-refractivity contribution is -0.181. The van der Waals surface area contributed by atoms with Crippen LogP contribution in [0.4, 0.5) is 0 Å². The highest BCUT2D eigenvalue weighted by Crippen LogP contribution is 2.14. The largest absolute Gasteiger partial charge is 0.451 e. The average molecular weight is 214 g/mol. The van der Waals surface area contributed by atoms with E-state index >= 15 is 0 Å². The van der Waals surface area contributed by atoms with E-state index in [-0.39, 0.29) is 6.42 Å². The van der Waals surface area contributed by atoms with Crippen LogP contribution in [0.3, 0.4) is 0 Å². The van der Waals surface area contributed by atoms with Gasteiger partial charge in [0.25, 0.3) is 0 Å². The third-order valence-corrected chi connectivity index (χ3v) is 1.61. The Balaban J connectivity index is 2.21. The van der Waals surface area contributed by atoms with Crippen LogP contribution in [0.2, 0.25) is 0 Å². The summed E-state index contributed by atoms with van der Waals surface area (Å²) in [5.41, 5.74) is 0. The van der Waals surface area contributed by atoms with Crippen LogP contribution in [-0.4, -0.2) is 30.8 Å². The van der Waals surface area contributed by atoms with Gasteiger partial charge in [0.05, 0.1) is 6.42 Å². The van der Waals surface area contributed by atoms with Gasteiger partial charge in [-0.2, -0.15) is 0 Å². The van der Waals surface area contributed by atoms with Crippen molar-refractivity contribution in [1.82, 2.24) is 0 Å². The Morgan fingerprint density at radius 1 is 1.60 bits per heavy atom. The molecule has 1 heterocycles. The molecule has 1 rings (SSSR count). The quantitative estimate of drug-likeness (QED) is 0.481. The molecule has 1 atom stereocenters. The van der Waals surface area contributed by atoms with Crippen molar-refractivity contribution in [1.29, 1.82) is 0 Å². The zero-order valence-corrected chi connectivity index (χ0v) is 7.93. The van der Waals surface area contributed by atoms with Crippen molar-refractivity contribution in [3.8, 4) is 0 Å².